The first-order chi connectivity index (χ1) is 13.2. The number of likely N-dealkylation sites (tertiary alicyclic amines) is 1. The first-order valence-electron chi connectivity index (χ1n) is 9.84. The number of aromatic nitrogens is 1. The van der Waals surface area contributed by atoms with Gasteiger partial charge in [0.2, 0.25) is 5.91 Å². The predicted octanol–water partition coefficient (Wildman–Crippen LogP) is 3.52. The van der Waals surface area contributed by atoms with E-state index in [1.165, 1.54) is 12.0 Å². The third-order valence-corrected chi connectivity index (χ3v) is 5.63. The molecular weight excluding hydrogens is 334 g/mol. The molecule has 2 aromatic carbocycles. The van der Waals surface area contributed by atoms with Crippen molar-refractivity contribution < 1.29 is 4.79 Å². The van der Waals surface area contributed by atoms with E-state index in [9.17, 15) is 4.79 Å². The number of para-hydroxylation sites is 1. The van der Waals surface area contributed by atoms with Crippen LogP contribution in [0.4, 0.5) is 0 Å². The lowest BCUT2D eigenvalue weighted by molar-refractivity contribution is -0.134. The number of nitrogens with one attached hydrogen (secondary N) is 1. The highest BCUT2D eigenvalue weighted by Gasteiger charge is 2.27. The normalized spacial score (nSPS) is 18.6. The Morgan fingerprint density at radius 3 is 2.78 bits per heavy atom. The van der Waals surface area contributed by atoms with E-state index in [1.54, 1.807) is 0 Å². The molecule has 0 radical (unpaired) electrons. The molecule has 2 heterocycles. The molecule has 3 N–H and O–H groups in total. The number of carbonyl (C=O) groups is 1. The second kappa shape index (κ2) is 7.97. The molecule has 3 aromatic rings. The predicted molar refractivity (Wildman–Crippen MR) is 109 cm³/mol. The fraction of sp³-hybridized carbons (Fsp3) is 0.348. The van der Waals surface area contributed by atoms with E-state index in [1.807, 2.05) is 35.4 Å². The molecule has 140 valence electrons. The van der Waals surface area contributed by atoms with Crippen molar-refractivity contribution in [1.29, 1.82) is 0 Å². The highest BCUT2D eigenvalue weighted by atomic mass is 16.2. The third kappa shape index (κ3) is 4.06. The topological polar surface area (TPSA) is 62.1 Å². The van der Waals surface area contributed by atoms with E-state index in [-0.39, 0.29) is 5.91 Å². The minimum atomic E-state index is -0.486. The summed E-state index contributed by atoms with van der Waals surface area (Å²) in [5.41, 5.74) is 9.88. The molecule has 27 heavy (non-hydrogen) atoms. The van der Waals surface area contributed by atoms with Crippen LogP contribution in [0.2, 0.25) is 0 Å². The van der Waals surface area contributed by atoms with Gasteiger partial charge in [-0.15, -0.1) is 0 Å². The van der Waals surface area contributed by atoms with Gasteiger partial charge in [-0.05, 0) is 48.8 Å². The fourth-order valence-corrected chi connectivity index (χ4v) is 4.24. The number of hydrogen-bond donors (Lipinski definition) is 2. The summed E-state index contributed by atoms with van der Waals surface area (Å²) in [7, 11) is 0. The summed E-state index contributed by atoms with van der Waals surface area (Å²) in [6.07, 6.45) is 5.82. The van der Waals surface area contributed by atoms with Gasteiger partial charge in [0.25, 0.3) is 0 Å². The average molecular weight is 361 g/mol. The Morgan fingerprint density at radius 1 is 1.15 bits per heavy atom. The van der Waals surface area contributed by atoms with Gasteiger partial charge in [0.15, 0.2) is 0 Å². The average Bonchev–Trinajstić information content (AvgIpc) is 3.11. The summed E-state index contributed by atoms with van der Waals surface area (Å²) in [6.45, 7) is 1.64. The van der Waals surface area contributed by atoms with Gasteiger partial charge in [-0.3, -0.25) is 4.79 Å². The summed E-state index contributed by atoms with van der Waals surface area (Å²) in [6, 6.07) is 18.2. The number of nitrogens with zero attached hydrogens (tertiary/aromatic N) is 1. The van der Waals surface area contributed by atoms with Crippen LogP contribution in [0, 0.1) is 5.92 Å². The van der Waals surface area contributed by atoms with E-state index >= 15 is 0 Å². The Bertz CT molecular complexity index is 902. The summed E-state index contributed by atoms with van der Waals surface area (Å²) in [4.78, 5) is 18.2. The molecular formula is C23H27N3O. The first-order valence-corrected chi connectivity index (χ1v) is 9.84. The van der Waals surface area contributed by atoms with Crippen molar-refractivity contribution in [2.24, 2.45) is 11.7 Å². The number of piperidine rings is 1. The van der Waals surface area contributed by atoms with E-state index in [0.717, 1.165) is 42.4 Å². The number of carbonyl (C=O) groups excluding carboxylic acids is 1. The smallest absolute Gasteiger partial charge is 0.239 e. The van der Waals surface area contributed by atoms with E-state index in [4.69, 9.17) is 5.73 Å². The maximum absolute atomic E-state index is 12.9. The third-order valence-electron chi connectivity index (χ3n) is 5.63. The maximum atomic E-state index is 12.9. The summed E-state index contributed by atoms with van der Waals surface area (Å²) in [5, 5.41) is 1.15. The lowest BCUT2D eigenvalue weighted by Crippen LogP contribution is -2.49. The Kier molecular flexibility index (Phi) is 5.26. The molecule has 4 heteroatoms. The van der Waals surface area contributed by atoms with Gasteiger partial charge in [0.05, 0.1) is 6.04 Å². The summed E-state index contributed by atoms with van der Waals surface area (Å²) >= 11 is 0. The molecule has 4 rings (SSSR count). The highest BCUT2D eigenvalue weighted by Crippen LogP contribution is 2.23. The molecule has 0 bridgehead atoms. The van der Waals surface area contributed by atoms with Crippen LogP contribution in [0.25, 0.3) is 10.9 Å². The lowest BCUT2D eigenvalue weighted by atomic mass is 9.91. The van der Waals surface area contributed by atoms with Crippen LogP contribution in [0.15, 0.2) is 60.8 Å². The van der Waals surface area contributed by atoms with Gasteiger partial charge in [-0.1, -0.05) is 48.5 Å². The van der Waals surface area contributed by atoms with E-state index in [2.05, 4.69) is 35.3 Å². The van der Waals surface area contributed by atoms with Gasteiger partial charge < -0.3 is 15.6 Å². The minimum Gasteiger partial charge on any atom is -0.361 e. The molecule has 0 aliphatic carbocycles. The zero-order chi connectivity index (χ0) is 18.6. The molecule has 0 saturated carbocycles. The number of hydrogen-bond acceptors (Lipinski definition) is 2. The van der Waals surface area contributed by atoms with Crippen LogP contribution < -0.4 is 5.73 Å². The number of nitrogens with two attached hydrogens (primary N) is 1. The molecule has 4 nitrogen and oxygen atoms in total. The molecule has 1 aliphatic rings. The Hall–Kier alpha value is -2.59. The first kappa shape index (κ1) is 17.8. The van der Waals surface area contributed by atoms with Crippen molar-refractivity contribution in [3.8, 4) is 0 Å². The number of rotatable bonds is 5. The zero-order valence-corrected chi connectivity index (χ0v) is 15.6. The van der Waals surface area contributed by atoms with Crippen LogP contribution >= 0.6 is 0 Å². The van der Waals surface area contributed by atoms with Gasteiger partial charge in [0.1, 0.15) is 0 Å². The Balaban J connectivity index is 1.39. The van der Waals surface area contributed by atoms with Gasteiger partial charge in [-0.2, -0.15) is 0 Å². The number of H-pyrrole nitrogens is 1. The van der Waals surface area contributed by atoms with Crippen molar-refractivity contribution >= 4 is 16.8 Å². The number of amides is 1. The largest absolute Gasteiger partial charge is 0.361 e. The van der Waals surface area contributed by atoms with Crippen LogP contribution in [0.5, 0.6) is 0 Å². The standard InChI is InChI=1S/C23H27N3O/c24-21(14-19-15-25-22-11-5-4-10-20(19)22)23(27)26-12-6-9-18(16-26)13-17-7-2-1-3-8-17/h1-5,7-8,10-11,15,18,21,25H,6,9,12-14,16,24H2/t18-,21?/m1/s1. The number of aromatic amines is 1. The van der Waals surface area contributed by atoms with Crippen LogP contribution in [0.1, 0.15) is 24.0 Å². The molecule has 1 saturated heterocycles. The number of benzene rings is 2. The Labute approximate surface area is 160 Å². The lowest BCUT2D eigenvalue weighted by Gasteiger charge is -2.34. The fourth-order valence-electron chi connectivity index (χ4n) is 4.24. The van der Waals surface area contributed by atoms with E-state index in [0.29, 0.717) is 12.3 Å². The minimum absolute atomic E-state index is 0.0815. The summed E-state index contributed by atoms with van der Waals surface area (Å²) in [5.74, 6) is 0.600. The van der Waals surface area contributed by atoms with Crippen molar-refractivity contribution in [2.75, 3.05) is 13.1 Å². The van der Waals surface area contributed by atoms with Crippen molar-refractivity contribution in [3.05, 3.63) is 71.9 Å². The second-order valence-electron chi connectivity index (χ2n) is 7.65. The molecule has 1 unspecified atom stereocenters. The maximum Gasteiger partial charge on any atom is 0.239 e. The van der Waals surface area contributed by atoms with Gasteiger partial charge >= 0.3 is 0 Å². The zero-order valence-electron chi connectivity index (χ0n) is 15.6. The molecule has 1 aliphatic heterocycles. The second-order valence-corrected chi connectivity index (χ2v) is 7.65. The molecule has 2 atom stereocenters. The molecule has 1 aromatic heterocycles. The van der Waals surface area contributed by atoms with Crippen LogP contribution in [-0.2, 0) is 17.6 Å². The molecule has 0 spiro atoms. The summed E-state index contributed by atoms with van der Waals surface area (Å²) < 4.78 is 0. The van der Waals surface area contributed by atoms with E-state index < -0.39 is 6.04 Å². The van der Waals surface area contributed by atoms with Crippen molar-refractivity contribution in [2.45, 2.75) is 31.7 Å². The highest BCUT2D eigenvalue weighted by molar-refractivity contribution is 5.86. The molecule has 1 amide bonds. The van der Waals surface area contributed by atoms with Crippen molar-refractivity contribution in [3.63, 3.8) is 0 Å². The van der Waals surface area contributed by atoms with Gasteiger partial charge in [-0.25, -0.2) is 0 Å². The monoisotopic (exact) mass is 361 g/mol. The van der Waals surface area contributed by atoms with Gasteiger partial charge in [0, 0.05) is 30.2 Å². The van der Waals surface area contributed by atoms with Crippen LogP contribution in [-0.4, -0.2) is 34.9 Å². The quantitative estimate of drug-likeness (QED) is 0.730. The number of fused-ring (bicyclic) bond motifs is 1. The molecule has 1 fully saturated rings. The van der Waals surface area contributed by atoms with Crippen molar-refractivity contribution in [1.82, 2.24) is 9.88 Å². The SMILES string of the molecule is NC(Cc1c[nH]c2ccccc12)C(=O)N1CCC[C@H](Cc2ccccc2)C1. The Morgan fingerprint density at radius 2 is 1.93 bits per heavy atom. The van der Waals surface area contributed by atoms with Crippen LogP contribution in [0.3, 0.4) is 0 Å².